The minimum Gasteiger partial charge on any atom is -0.322 e. The van der Waals surface area contributed by atoms with Gasteiger partial charge in [0.25, 0.3) is 5.91 Å². The number of hydrogen-bond donors (Lipinski definition) is 1. The number of aryl methyl sites for hydroxylation is 1. The van der Waals surface area contributed by atoms with Crippen molar-refractivity contribution in [2.24, 2.45) is 0 Å². The van der Waals surface area contributed by atoms with Gasteiger partial charge in [0.2, 0.25) is 0 Å². The van der Waals surface area contributed by atoms with Crippen molar-refractivity contribution in [3.8, 4) is 5.69 Å². The maximum absolute atomic E-state index is 14.1. The topological polar surface area (TPSA) is 103 Å². The van der Waals surface area contributed by atoms with Crippen LogP contribution in [-0.4, -0.2) is 40.7 Å². The van der Waals surface area contributed by atoms with Crippen LogP contribution >= 0.6 is 0 Å². The summed E-state index contributed by atoms with van der Waals surface area (Å²) in [5, 5.41) is 17.7. The van der Waals surface area contributed by atoms with Crippen LogP contribution in [0.5, 0.6) is 0 Å². The SMILES string of the molecule is Cc1nnnn1-c1cc(NC(=O)c2cnn3cccnc23)ccc1F. The van der Waals surface area contributed by atoms with Crippen molar-refractivity contribution < 1.29 is 9.18 Å². The fourth-order valence-electron chi connectivity index (χ4n) is 2.39. The van der Waals surface area contributed by atoms with Gasteiger partial charge in [0.15, 0.2) is 11.5 Å². The number of aromatic nitrogens is 7. The first-order valence-electron chi connectivity index (χ1n) is 7.28. The van der Waals surface area contributed by atoms with Crippen molar-refractivity contribution in [1.29, 1.82) is 0 Å². The zero-order chi connectivity index (χ0) is 17.4. The van der Waals surface area contributed by atoms with E-state index in [9.17, 15) is 9.18 Å². The van der Waals surface area contributed by atoms with Crippen LogP contribution in [-0.2, 0) is 0 Å². The second kappa shape index (κ2) is 5.74. The lowest BCUT2D eigenvalue weighted by molar-refractivity contribution is 0.102. The number of benzene rings is 1. The molecule has 0 spiro atoms. The number of hydrogen-bond acceptors (Lipinski definition) is 6. The van der Waals surface area contributed by atoms with Crippen LogP contribution in [0.1, 0.15) is 16.2 Å². The number of rotatable bonds is 3. The van der Waals surface area contributed by atoms with Crippen molar-refractivity contribution >= 4 is 17.2 Å². The molecule has 0 atom stereocenters. The number of amides is 1. The molecule has 9 nitrogen and oxygen atoms in total. The number of carbonyl (C=O) groups excluding carboxylic acids is 1. The Labute approximate surface area is 140 Å². The van der Waals surface area contributed by atoms with E-state index in [1.165, 1.54) is 33.6 Å². The highest BCUT2D eigenvalue weighted by Crippen LogP contribution is 2.20. The normalized spacial score (nSPS) is 11.0. The minimum absolute atomic E-state index is 0.137. The van der Waals surface area contributed by atoms with E-state index < -0.39 is 11.7 Å². The van der Waals surface area contributed by atoms with Crippen LogP contribution in [0.2, 0.25) is 0 Å². The largest absolute Gasteiger partial charge is 0.322 e. The van der Waals surface area contributed by atoms with Gasteiger partial charge in [-0.15, -0.1) is 5.10 Å². The van der Waals surface area contributed by atoms with Crippen molar-refractivity contribution in [2.45, 2.75) is 6.92 Å². The summed E-state index contributed by atoms with van der Waals surface area (Å²) >= 11 is 0. The molecule has 4 rings (SSSR count). The third kappa shape index (κ3) is 2.59. The zero-order valence-corrected chi connectivity index (χ0v) is 13.0. The summed E-state index contributed by atoms with van der Waals surface area (Å²) in [6.07, 6.45) is 4.69. The quantitative estimate of drug-likeness (QED) is 0.606. The third-order valence-electron chi connectivity index (χ3n) is 3.58. The van der Waals surface area contributed by atoms with E-state index in [-0.39, 0.29) is 5.69 Å². The summed E-state index contributed by atoms with van der Waals surface area (Å²) in [5.74, 6) is -0.486. The van der Waals surface area contributed by atoms with Gasteiger partial charge < -0.3 is 5.32 Å². The van der Waals surface area contributed by atoms with E-state index in [2.05, 4.69) is 30.9 Å². The lowest BCUT2D eigenvalue weighted by atomic mass is 10.2. The highest BCUT2D eigenvalue weighted by atomic mass is 19.1. The van der Waals surface area contributed by atoms with Crippen molar-refractivity contribution in [3.63, 3.8) is 0 Å². The van der Waals surface area contributed by atoms with E-state index in [0.29, 0.717) is 22.7 Å². The molecule has 0 aliphatic heterocycles. The van der Waals surface area contributed by atoms with Crippen LogP contribution in [0.3, 0.4) is 0 Å². The smallest absolute Gasteiger partial charge is 0.261 e. The summed E-state index contributed by atoms with van der Waals surface area (Å²) in [6, 6.07) is 5.86. The molecule has 1 aromatic carbocycles. The number of halogens is 1. The molecule has 1 N–H and O–H groups in total. The highest BCUT2D eigenvalue weighted by molar-refractivity contribution is 6.08. The van der Waals surface area contributed by atoms with Gasteiger partial charge in [-0.2, -0.15) is 9.78 Å². The fraction of sp³-hybridized carbons (Fsp3) is 0.0667. The number of anilines is 1. The number of nitrogens with zero attached hydrogens (tertiary/aromatic N) is 7. The second-order valence-corrected chi connectivity index (χ2v) is 5.20. The molecule has 1 amide bonds. The maximum Gasteiger partial charge on any atom is 0.261 e. The second-order valence-electron chi connectivity index (χ2n) is 5.20. The number of tetrazole rings is 1. The first kappa shape index (κ1) is 14.9. The zero-order valence-electron chi connectivity index (χ0n) is 13.0. The Bertz CT molecular complexity index is 1090. The molecule has 3 heterocycles. The molecule has 0 aliphatic carbocycles. The average Bonchev–Trinajstić information content (AvgIpc) is 3.23. The van der Waals surface area contributed by atoms with Crippen LogP contribution in [0.15, 0.2) is 42.9 Å². The first-order valence-corrected chi connectivity index (χ1v) is 7.28. The standard InChI is InChI=1S/C15H11FN8O/c1-9-20-21-22-24(9)13-7-10(3-4-12(13)16)19-15(25)11-8-18-23-6-2-5-17-14(11)23/h2-8H,1H3,(H,19,25). The van der Waals surface area contributed by atoms with Gasteiger partial charge in [-0.1, -0.05) is 0 Å². The minimum atomic E-state index is -0.508. The predicted octanol–water partition coefficient (Wildman–Crippen LogP) is 1.40. The molecule has 4 aromatic rings. The van der Waals surface area contributed by atoms with Gasteiger partial charge in [0.1, 0.15) is 17.1 Å². The van der Waals surface area contributed by atoms with E-state index in [4.69, 9.17) is 0 Å². The van der Waals surface area contributed by atoms with Crippen molar-refractivity contribution in [3.05, 3.63) is 60.1 Å². The van der Waals surface area contributed by atoms with Crippen LogP contribution < -0.4 is 5.32 Å². The molecular formula is C15H11FN8O. The molecule has 0 aliphatic rings. The van der Waals surface area contributed by atoms with Crippen LogP contribution in [0.25, 0.3) is 11.3 Å². The Kier molecular flexibility index (Phi) is 3.42. The highest BCUT2D eigenvalue weighted by Gasteiger charge is 2.16. The Hall–Kier alpha value is -3.69. The van der Waals surface area contributed by atoms with Gasteiger partial charge in [0.05, 0.1) is 6.20 Å². The molecule has 0 unspecified atom stereocenters. The summed E-state index contributed by atoms with van der Waals surface area (Å²) in [4.78, 5) is 16.6. The summed E-state index contributed by atoms with van der Waals surface area (Å²) in [5.41, 5.74) is 1.27. The molecule has 3 aromatic heterocycles. The van der Waals surface area contributed by atoms with E-state index in [1.54, 1.807) is 25.4 Å². The Morgan fingerprint density at radius 3 is 3.00 bits per heavy atom. The summed E-state index contributed by atoms with van der Waals surface area (Å²) in [7, 11) is 0. The lowest BCUT2D eigenvalue weighted by Crippen LogP contribution is -2.13. The van der Waals surface area contributed by atoms with Gasteiger partial charge in [-0.05, 0) is 41.6 Å². The molecule has 0 fully saturated rings. The average molecular weight is 338 g/mol. The van der Waals surface area contributed by atoms with Crippen molar-refractivity contribution in [1.82, 2.24) is 34.8 Å². The Balaban J connectivity index is 1.67. The molecule has 0 saturated carbocycles. The summed E-state index contributed by atoms with van der Waals surface area (Å²) in [6.45, 7) is 1.65. The first-order chi connectivity index (χ1) is 12.1. The predicted molar refractivity (Wildman–Crippen MR) is 84.8 cm³/mol. The molecule has 0 radical (unpaired) electrons. The Morgan fingerprint density at radius 2 is 2.20 bits per heavy atom. The van der Waals surface area contributed by atoms with Gasteiger partial charge in [0, 0.05) is 18.1 Å². The number of nitrogens with one attached hydrogen (secondary N) is 1. The molecule has 124 valence electrons. The van der Waals surface area contributed by atoms with E-state index in [0.717, 1.165) is 0 Å². The third-order valence-corrected chi connectivity index (χ3v) is 3.58. The lowest BCUT2D eigenvalue weighted by Gasteiger charge is -2.08. The van der Waals surface area contributed by atoms with Gasteiger partial charge >= 0.3 is 0 Å². The van der Waals surface area contributed by atoms with E-state index in [1.807, 2.05) is 0 Å². The van der Waals surface area contributed by atoms with Crippen molar-refractivity contribution in [2.75, 3.05) is 5.32 Å². The molecule has 0 saturated heterocycles. The molecular weight excluding hydrogens is 327 g/mol. The van der Waals surface area contributed by atoms with Gasteiger partial charge in [-0.3, -0.25) is 4.79 Å². The Morgan fingerprint density at radius 1 is 1.32 bits per heavy atom. The monoisotopic (exact) mass is 338 g/mol. The molecule has 0 bridgehead atoms. The fourth-order valence-corrected chi connectivity index (χ4v) is 2.39. The molecule has 10 heteroatoms. The molecule has 25 heavy (non-hydrogen) atoms. The van der Waals surface area contributed by atoms with Crippen LogP contribution in [0.4, 0.5) is 10.1 Å². The van der Waals surface area contributed by atoms with E-state index >= 15 is 0 Å². The number of fused-ring (bicyclic) bond motifs is 1. The summed E-state index contributed by atoms with van der Waals surface area (Å²) < 4.78 is 16.8. The van der Waals surface area contributed by atoms with Crippen LogP contribution in [0, 0.1) is 12.7 Å². The number of carbonyl (C=O) groups is 1. The maximum atomic E-state index is 14.1. The van der Waals surface area contributed by atoms with Gasteiger partial charge in [-0.25, -0.2) is 13.9 Å².